The number of ether oxygens (including phenoxy) is 3. The normalized spacial score (nSPS) is 12.0. The summed E-state index contributed by atoms with van der Waals surface area (Å²) in [6.07, 6.45) is -0.497. The van der Waals surface area contributed by atoms with Gasteiger partial charge >= 0.3 is 5.97 Å². The van der Waals surface area contributed by atoms with Gasteiger partial charge in [-0.1, -0.05) is 0 Å². The number of sulfonamides is 1. The molecule has 1 amide bonds. The van der Waals surface area contributed by atoms with Crippen LogP contribution >= 0.6 is 0 Å². The Morgan fingerprint density at radius 3 is 2.20 bits per heavy atom. The molecule has 0 heterocycles. The van der Waals surface area contributed by atoms with Crippen LogP contribution in [-0.2, 0) is 24.3 Å². The summed E-state index contributed by atoms with van der Waals surface area (Å²) in [6, 6.07) is 12.4. The molecule has 0 fully saturated rings. The number of carbonyl (C=O) groups is 2. The molecule has 162 valence electrons. The van der Waals surface area contributed by atoms with E-state index in [1.165, 1.54) is 31.2 Å². The summed E-state index contributed by atoms with van der Waals surface area (Å²) < 4.78 is 38.2. The van der Waals surface area contributed by atoms with Gasteiger partial charge in [-0.2, -0.15) is 0 Å². The van der Waals surface area contributed by atoms with Gasteiger partial charge in [0, 0.05) is 12.1 Å². The third-order valence-electron chi connectivity index (χ3n) is 3.98. The van der Waals surface area contributed by atoms with Gasteiger partial charge in [-0.15, -0.1) is 0 Å². The average Bonchev–Trinajstić information content (AvgIpc) is 2.71. The minimum absolute atomic E-state index is 0.0724. The molecule has 0 spiro atoms. The minimum atomic E-state index is -3.81. The molecule has 0 aromatic heterocycles. The number of amides is 1. The highest BCUT2D eigenvalue weighted by atomic mass is 32.2. The van der Waals surface area contributed by atoms with Gasteiger partial charge in [-0.05, 0) is 61.9 Å². The number of benzene rings is 2. The van der Waals surface area contributed by atoms with Crippen molar-refractivity contribution in [1.29, 1.82) is 0 Å². The molecule has 9 nitrogen and oxygen atoms in total. The summed E-state index contributed by atoms with van der Waals surface area (Å²) in [5, 5.41) is 7.56. The number of primary sulfonamides is 1. The Bertz CT molecular complexity index is 958. The van der Waals surface area contributed by atoms with Crippen molar-refractivity contribution in [1.82, 2.24) is 0 Å². The summed E-state index contributed by atoms with van der Waals surface area (Å²) in [5.41, 5.74) is 0.350. The van der Waals surface area contributed by atoms with E-state index in [1.54, 1.807) is 31.4 Å². The van der Waals surface area contributed by atoms with Crippen LogP contribution in [0, 0.1) is 0 Å². The predicted octanol–water partition coefficient (Wildman–Crippen LogP) is 2.07. The average molecular weight is 436 g/mol. The van der Waals surface area contributed by atoms with Crippen LogP contribution in [-0.4, -0.2) is 40.1 Å². The zero-order valence-electron chi connectivity index (χ0n) is 16.7. The second kappa shape index (κ2) is 10.6. The van der Waals surface area contributed by atoms with E-state index in [-0.39, 0.29) is 11.3 Å². The Kier molecular flexibility index (Phi) is 8.19. The summed E-state index contributed by atoms with van der Waals surface area (Å²) in [7, 11) is -2.23. The molecule has 0 bridgehead atoms. The largest absolute Gasteiger partial charge is 0.497 e. The van der Waals surface area contributed by atoms with Crippen LogP contribution < -0.4 is 19.9 Å². The van der Waals surface area contributed by atoms with Crippen molar-refractivity contribution >= 4 is 27.6 Å². The fraction of sp³-hybridized carbons (Fsp3) is 0.300. The first kappa shape index (κ1) is 23.2. The van der Waals surface area contributed by atoms with Crippen LogP contribution in [0.5, 0.6) is 11.5 Å². The highest BCUT2D eigenvalue weighted by Crippen LogP contribution is 2.17. The molecule has 2 aromatic rings. The Labute approximate surface area is 175 Å². The first-order chi connectivity index (χ1) is 14.2. The molecule has 0 aliphatic rings. The van der Waals surface area contributed by atoms with Gasteiger partial charge < -0.3 is 19.5 Å². The fourth-order valence-corrected chi connectivity index (χ4v) is 2.88. The molecule has 1 atom stereocenters. The van der Waals surface area contributed by atoms with E-state index >= 15 is 0 Å². The smallest absolute Gasteiger partial charge is 0.306 e. The summed E-state index contributed by atoms with van der Waals surface area (Å²) >= 11 is 0. The lowest BCUT2D eigenvalue weighted by atomic mass is 10.3. The van der Waals surface area contributed by atoms with Crippen molar-refractivity contribution in [2.75, 3.05) is 19.0 Å². The number of anilines is 1. The fourth-order valence-electron chi connectivity index (χ4n) is 2.36. The van der Waals surface area contributed by atoms with Gasteiger partial charge in [0.05, 0.1) is 18.6 Å². The van der Waals surface area contributed by atoms with Crippen LogP contribution in [0.4, 0.5) is 5.69 Å². The Balaban J connectivity index is 1.71. The van der Waals surface area contributed by atoms with Gasteiger partial charge in [0.25, 0.3) is 5.91 Å². The zero-order chi connectivity index (χ0) is 22.1. The van der Waals surface area contributed by atoms with E-state index in [9.17, 15) is 18.0 Å². The van der Waals surface area contributed by atoms with Crippen LogP contribution in [0.3, 0.4) is 0 Å². The lowest BCUT2D eigenvalue weighted by Crippen LogP contribution is -2.30. The molecule has 30 heavy (non-hydrogen) atoms. The minimum Gasteiger partial charge on any atom is -0.497 e. The van der Waals surface area contributed by atoms with Crippen LogP contribution in [0.2, 0.25) is 0 Å². The molecule has 0 aliphatic heterocycles. The topological polar surface area (TPSA) is 134 Å². The van der Waals surface area contributed by atoms with Crippen molar-refractivity contribution in [3.63, 3.8) is 0 Å². The maximum atomic E-state index is 12.1. The molecule has 2 aromatic carbocycles. The molecular formula is C20H24N2O7S. The molecule has 10 heteroatoms. The molecule has 0 radical (unpaired) electrons. The lowest BCUT2D eigenvalue weighted by molar-refractivity contribution is -0.153. The van der Waals surface area contributed by atoms with Crippen LogP contribution in [0.25, 0.3) is 0 Å². The van der Waals surface area contributed by atoms with Crippen molar-refractivity contribution in [3.05, 3.63) is 48.5 Å². The molecule has 1 unspecified atom stereocenters. The van der Waals surface area contributed by atoms with Crippen LogP contribution in [0.15, 0.2) is 53.4 Å². The number of hydrogen-bond acceptors (Lipinski definition) is 7. The van der Waals surface area contributed by atoms with Crippen molar-refractivity contribution in [2.45, 2.75) is 30.8 Å². The van der Waals surface area contributed by atoms with Crippen molar-refractivity contribution in [2.24, 2.45) is 5.14 Å². The SMILES string of the molecule is COc1ccc(OCCCC(=O)OC(C)C(=O)Nc2ccc(S(N)(=O)=O)cc2)cc1. The molecule has 0 saturated carbocycles. The lowest BCUT2D eigenvalue weighted by Gasteiger charge is -2.14. The standard InChI is InChI=1S/C20H24N2O7S/c1-14(20(24)22-15-5-11-18(12-6-15)30(21,25)26)29-19(23)4-3-13-28-17-9-7-16(27-2)8-10-17/h5-12,14H,3-4,13H2,1-2H3,(H,22,24)(H2,21,25,26). The quantitative estimate of drug-likeness (QED) is 0.430. The van der Waals surface area contributed by atoms with E-state index in [1.807, 2.05) is 0 Å². The summed E-state index contributed by atoms with van der Waals surface area (Å²) in [6.45, 7) is 1.76. The first-order valence-electron chi connectivity index (χ1n) is 9.09. The first-order valence-corrected chi connectivity index (χ1v) is 10.6. The summed E-state index contributed by atoms with van der Waals surface area (Å²) in [4.78, 5) is 24.0. The molecule has 0 aliphatic carbocycles. The van der Waals surface area contributed by atoms with E-state index in [0.717, 1.165) is 5.75 Å². The highest BCUT2D eigenvalue weighted by molar-refractivity contribution is 7.89. The number of hydrogen-bond donors (Lipinski definition) is 2. The van der Waals surface area contributed by atoms with E-state index < -0.39 is 28.0 Å². The maximum Gasteiger partial charge on any atom is 0.306 e. The van der Waals surface area contributed by atoms with Gasteiger partial charge in [0.15, 0.2) is 6.10 Å². The van der Waals surface area contributed by atoms with Gasteiger partial charge in [-0.25, -0.2) is 13.6 Å². The number of nitrogens with one attached hydrogen (secondary N) is 1. The monoisotopic (exact) mass is 436 g/mol. The van der Waals surface area contributed by atoms with Crippen molar-refractivity contribution in [3.8, 4) is 11.5 Å². The van der Waals surface area contributed by atoms with E-state index in [2.05, 4.69) is 5.32 Å². The molecule has 2 rings (SSSR count). The van der Waals surface area contributed by atoms with Gasteiger partial charge in [0.2, 0.25) is 10.0 Å². The van der Waals surface area contributed by atoms with E-state index in [4.69, 9.17) is 19.3 Å². The Morgan fingerprint density at radius 2 is 1.63 bits per heavy atom. The van der Waals surface area contributed by atoms with Crippen molar-refractivity contribution < 1.29 is 32.2 Å². The number of rotatable bonds is 10. The van der Waals surface area contributed by atoms with Crippen LogP contribution in [0.1, 0.15) is 19.8 Å². The third-order valence-corrected chi connectivity index (χ3v) is 4.91. The number of carbonyl (C=O) groups excluding carboxylic acids is 2. The number of methoxy groups -OCH3 is 1. The molecular weight excluding hydrogens is 412 g/mol. The third kappa shape index (κ3) is 7.37. The second-order valence-electron chi connectivity index (χ2n) is 6.32. The predicted molar refractivity (Wildman–Crippen MR) is 110 cm³/mol. The summed E-state index contributed by atoms with van der Waals surface area (Å²) in [5.74, 6) is 0.311. The zero-order valence-corrected chi connectivity index (χ0v) is 17.5. The van der Waals surface area contributed by atoms with E-state index in [0.29, 0.717) is 24.5 Å². The highest BCUT2D eigenvalue weighted by Gasteiger charge is 2.18. The maximum absolute atomic E-state index is 12.1. The van der Waals surface area contributed by atoms with Gasteiger partial charge in [0.1, 0.15) is 11.5 Å². The molecule has 3 N–H and O–H groups in total. The number of nitrogens with two attached hydrogens (primary N) is 1. The second-order valence-corrected chi connectivity index (χ2v) is 7.88. The number of esters is 1. The van der Waals surface area contributed by atoms with Gasteiger partial charge in [-0.3, -0.25) is 9.59 Å². The Hall–Kier alpha value is -3.11. The molecule has 0 saturated heterocycles. The Morgan fingerprint density at radius 1 is 1.03 bits per heavy atom.